The number of carbonyl (C=O) groups is 1. The average molecular weight is 321 g/mol. The Morgan fingerprint density at radius 2 is 1.75 bits per heavy atom. The molecule has 0 saturated heterocycles. The van der Waals surface area contributed by atoms with Crippen LogP contribution in [0.3, 0.4) is 0 Å². The molecular formula is C20H23N3O. The van der Waals surface area contributed by atoms with Crippen molar-refractivity contribution in [2.75, 3.05) is 20.1 Å². The van der Waals surface area contributed by atoms with Gasteiger partial charge in [0.25, 0.3) is 0 Å². The zero-order valence-corrected chi connectivity index (χ0v) is 14.0. The van der Waals surface area contributed by atoms with Gasteiger partial charge >= 0.3 is 0 Å². The Kier molecular flexibility index (Phi) is 7.00. The molecule has 2 rings (SSSR count). The monoisotopic (exact) mass is 321 g/mol. The second kappa shape index (κ2) is 9.49. The van der Waals surface area contributed by atoms with E-state index in [1.807, 2.05) is 60.5 Å². The summed E-state index contributed by atoms with van der Waals surface area (Å²) in [5, 5.41) is 11.8. The van der Waals surface area contributed by atoms with E-state index < -0.39 is 0 Å². The lowest BCUT2D eigenvalue weighted by molar-refractivity contribution is -0.122. The number of rotatable bonds is 8. The van der Waals surface area contributed by atoms with E-state index in [1.165, 1.54) is 5.56 Å². The highest BCUT2D eigenvalue weighted by Gasteiger charge is 2.16. The molecule has 0 aliphatic heterocycles. The summed E-state index contributed by atoms with van der Waals surface area (Å²) in [4.78, 5) is 14.2. The van der Waals surface area contributed by atoms with Gasteiger partial charge in [-0.25, -0.2) is 0 Å². The molecular weight excluding hydrogens is 298 g/mol. The quantitative estimate of drug-likeness (QED) is 0.813. The van der Waals surface area contributed by atoms with Crippen LogP contribution in [0, 0.1) is 11.3 Å². The summed E-state index contributed by atoms with van der Waals surface area (Å²) in [6.07, 6.45) is 1.18. The first-order valence-electron chi connectivity index (χ1n) is 8.13. The molecule has 2 aromatic rings. The standard InChI is InChI=1S/C20H23N3O/c1-23(14-8-13-21)16-20(24)22-19(18-11-6-3-7-12-18)15-17-9-4-2-5-10-17/h2-7,9-12,19H,8,14-16H2,1H3,(H,22,24). The van der Waals surface area contributed by atoms with Crippen LogP contribution in [0.25, 0.3) is 0 Å². The van der Waals surface area contributed by atoms with Crippen LogP contribution >= 0.6 is 0 Å². The molecule has 1 unspecified atom stereocenters. The van der Waals surface area contributed by atoms with Gasteiger partial charge in [0, 0.05) is 13.0 Å². The molecule has 1 amide bonds. The highest BCUT2D eigenvalue weighted by molar-refractivity contribution is 5.78. The number of likely N-dealkylation sites (N-methyl/N-ethyl adjacent to an activating group) is 1. The summed E-state index contributed by atoms with van der Waals surface area (Å²) in [6, 6.07) is 22.2. The fourth-order valence-corrected chi connectivity index (χ4v) is 2.59. The van der Waals surface area contributed by atoms with E-state index in [1.54, 1.807) is 0 Å². The predicted molar refractivity (Wildman–Crippen MR) is 95.2 cm³/mol. The van der Waals surface area contributed by atoms with Crippen molar-refractivity contribution in [3.63, 3.8) is 0 Å². The number of hydrogen-bond donors (Lipinski definition) is 1. The summed E-state index contributed by atoms with van der Waals surface area (Å²) >= 11 is 0. The Bertz CT molecular complexity index is 664. The highest BCUT2D eigenvalue weighted by atomic mass is 16.2. The van der Waals surface area contributed by atoms with E-state index in [0.29, 0.717) is 19.5 Å². The molecule has 4 heteroatoms. The first kappa shape index (κ1) is 17.7. The van der Waals surface area contributed by atoms with Crippen LogP contribution in [0.5, 0.6) is 0 Å². The summed E-state index contributed by atoms with van der Waals surface area (Å²) in [7, 11) is 1.85. The fraction of sp³-hybridized carbons (Fsp3) is 0.300. The molecule has 4 nitrogen and oxygen atoms in total. The van der Waals surface area contributed by atoms with Crippen LogP contribution in [0.15, 0.2) is 60.7 Å². The van der Waals surface area contributed by atoms with Gasteiger partial charge in [0.15, 0.2) is 0 Å². The maximum absolute atomic E-state index is 12.4. The Labute approximate surface area is 143 Å². The molecule has 0 aliphatic carbocycles. The molecule has 0 radical (unpaired) electrons. The smallest absolute Gasteiger partial charge is 0.234 e. The van der Waals surface area contributed by atoms with Crippen molar-refractivity contribution in [1.29, 1.82) is 5.26 Å². The zero-order chi connectivity index (χ0) is 17.2. The lowest BCUT2D eigenvalue weighted by atomic mass is 9.99. The van der Waals surface area contributed by atoms with E-state index in [9.17, 15) is 4.79 Å². The molecule has 2 aromatic carbocycles. The molecule has 0 aromatic heterocycles. The highest BCUT2D eigenvalue weighted by Crippen LogP contribution is 2.18. The van der Waals surface area contributed by atoms with Gasteiger partial charge in [-0.05, 0) is 24.6 Å². The molecule has 1 N–H and O–H groups in total. The Morgan fingerprint density at radius 1 is 1.12 bits per heavy atom. The molecule has 0 spiro atoms. The molecule has 0 heterocycles. The lowest BCUT2D eigenvalue weighted by Gasteiger charge is -2.22. The first-order chi connectivity index (χ1) is 11.7. The minimum Gasteiger partial charge on any atom is -0.348 e. The Balaban J connectivity index is 2.03. The normalized spacial score (nSPS) is 11.7. The topological polar surface area (TPSA) is 56.1 Å². The Hall–Kier alpha value is -2.64. The summed E-state index contributed by atoms with van der Waals surface area (Å²) in [6.45, 7) is 0.887. The minimum atomic E-state index is -0.0644. The molecule has 0 aliphatic rings. The van der Waals surface area contributed by atoms with Gasteiger partial charge in [0.1, 0.15) is 0 Å². The number of nitrogens with zero attached hydrogens (tertiary/aromatic N) is 2. The van der Waals surface area contributed by atoms with E-state index in [-0.39, 0.29) is 11.9 Å². The van der Waals surface area contributed by atoms with Crippen LogP contribution < -0.4 is 5.32 Å². The van der Waals surface area contributed by atoms with Crippen LogP contribution in [0.2, 0.25) is 0 Å². The molecule has 24 heavy (non-hydrogen) atoms. The van der Waals surface area contributed by atoms with Crippen LogP contribution in [0.4, 0.5) is 0 Å². The van der Waals surface area contributed by atoms with Crippen molar-refractivity contribution in [3.8, 4) is 6.07 Å². The SMILES string of the molecule is CN(CCC#N)CC(=O)NC(Cc1ccccc1)c1ccccc1. The minimum absolute atomic E-state index is 0.0276. The maximum Gasteiger partial charge on any atom is 0.234 e. The van der Waals surface area contributed by atoms with Crippen molar-refractivity contribution in [3.05, 3.63) is 71.8 Å². The van der Waals surface area contributed by atoms with E-state index in [2.05, 4.69) is 23.5 Å². The van der Waals surface area contributed by atoms with E-state index in [4.69, 9.17) is 5.26 Å². The molecule has 0 saturated carbocycles. The van der Waals surface area contributed by atoms with Crippen molar-refractivity contribution < 1.29 is 4.79 Å². The number of hydrogen-bond acceptors (Lipinski definition) is 3. The number of benzene rings is 2. The van der Waals surface area contributed by atoms with Gasteiger partial charge in [0.2, 0.25) is 5.91 Å². The second-order valence-electron chi connectivity index (χ2n) is 5.87. The third-order valence-electron chi connectivity index (χ3n) is 3.84. The third kappa shape index (κ3) is 5.86. The van der Waals surface area contributed by atoms with Crippen LogP contribution in [-0.2, 0) is 11.2 Å². The van der Waals surface area contributed by atoms with Gasteiger partial charge in [-0.3, -0.25) is 9.69 Å². The van der Waals surface area contributed by atoms with Gasteiger partial charge in [0.05, 0.1) is 18.7 Å². The van der Waals surface area contributed by atoms with Crippen LogP contribution in [0.1, 0.15) is 23.6 Å². The van der Waals surface area contributed by atoms with Crippen molar-refractivity contribution in [2.24, 2.45) is 0 Å². The Morgan fingerprint density at radius 3 is 2.38 bits per heavy atom. The zero-order valence-electron chi connectivity index (χ0n) is 14.0. The molecule has 124 valence electrons. The van der Waals surface area contributed by atoms with Gasteiger partial charge < -0.3 is 5.32 Å². The van der Waals surface area contributed by atoms with E-state index in [0.717, 1.165) is 12.0 Å². The van der Waals surface area contributed by atoms with Crippen LogP contribution in [-0.4, -0.2) is 30.9 Å². The number of nitrogens with one attached hydrogen (secondary N) is 1. The lowest BCUT2D eigenvalue weighted by Crippen LogP contribution is -2.38. The number of nitriles is 1. The van der Waals surface area contributed by atoms with Crippen molar-refractivity contribution >= 4 is 5.91 Å². The number of carbonyl (C=O) groups excluding carboxylic acids is 1. The summed E-state index contributed by atoms with van der Waals surface area (Å²) in [5.74, 6) is -0.0276. The summed E-state index contributed by atoms with van der Waals surface area (Å²) in [5.41, 5.74) is 2.28. The van der Waals surface area contributed by atoms with Crippen molar-refractivity contribution in [2.45, 2.75) is 18.9 Å². The molecule has 1 atom stereocenters. The fourth-order valence-electron chi connectivity index (χ4n) is 2.59. The molecule has 0 fully saturated rings. The van der Waals surface area contributed by atoms with Gasteiger partial charge in [-0.1, -0.05) is 60.7 Å². The largest absolute Gasteiger partial charge is 0.348 e. The molecule has 0 bridgehead atoms. The van der Waals surface area contributed by atoms with Gasteiger partial charge in [-0.2, -0.15) is 5.26 Å². The van der Waals surface area contributed by atoms with Gasteiger partial charge in [-0.15, -0.1) is 0 Å². The first-order valence-corrected chi connectivity index (χ1v) is 8.13. The average Bonchev–Trinajstić information content (AvgIpc) is 2.61. The second-order valence-corrected chi connectivity index (χ2v) is 5.87. The van der Waals surface area contributed by atoms with E-state index >= 15 is 0 Å². The summed E-state index contributed by atoms with van der Waals surface area (Å²) < 4.78 is 0. The third-order valence-corrected chi connectivity index (χ3v) is 3.84. The van der Waals surface area contributed by atoms with Crippen molar-refractivity contribution in [1.82, 2.24) is 10.2 Å². The predicted octanol–water partition coefficient (Wildman–Crippen LogP) is 2.93. The number of amides is 1. The maximum atomic E-state index is 12.4.